The van der Waals surface area contributed by atoms with Gasteiger partial charge in [-0.15, -0.1) is 0 Å². The van der Waals surface area contributed by atoms with Crippen molar-refractivity contribution in [3.05, 3.63) is 58.9 Å². The molecular formula is C26H28N4O7S. The van der Waals surface area contributed by atoms with E-state index in [1.54, 1.807) is 41.3 Å². The fourth-order valence-corrected chi connectivity index (χ4v) is 3.50. The van der Waals surface area contributed by atoms with Crippen molar-refractivity contribution in [1.82, 2.24) is 14.8 Å². The molecule has 0 aliphatic rings. The van der Waals surface area contributed by atoms with Crippen molar-refractivity contribution in [1.29, 1.82) is 0 Å². The third kappa shape index (κ3) is 11.4. The zero-order valence-corrected chi connectivity index (χ0v) is 21.9. The Hall–Kier alpha value is -3.98. The number of isothiocyanates is 1. The highest BCUT2D eigenvalue weighted by Gasteiger charge is 2.17. The number of hydrogen-bond donors (Lipinski definition) is 2. The van der Waals surface area contributed by atoms with Gasteiger partial charge in [0, 0.05) is 37.9 Å². The predicted molar refractivity (Wildman–Crippen MR) is 141 cm³/mol. The van der Waals surface area contributed by atoms with E-state index >= 15 is 0 Å². The van der Waals surface area contributed by atoms with Gasteiger partial charge in [0.15, 0.2) is 0 Å². The molecule has 0 saturated heterocycles. The van der Waals surface area contributed by atoms with E-state index in [4.69, 9.17) is 4.74 Å². The number of hydrogen-bond acceptors (Lipinski definition) is 10. The Morgan fingerprint density at radius 1 is 0.921 bits per heavy atom. The Labute approximate surface area is 225 Å². The molecule has 1 aromatic carbocycles. The minimum Gasteiger partial charge on any atom is -0.480 e. The lowest BCUT2D eigenvalue weighted by atomic mass is 10.1. The first-order valence-corrected chi connectivity index (χ1v) is 11.8. The van der Waals surface area contributed by atoms with Gasteiger partial charge in [0.05, 0.1) is 55.6 Å². The normalized spacial score (nSPS) is 10.4. The molecule has 38 heavy (non-hydrogen) atoms. The van der Waals surface area contributed by atoms with E-state index in [2.05, 4.69) is 43.9 Å². The Morgan fingerprint density at radius 3 is 2.05 bits per heavy atom. The molecule has 1 aromatic heterocycles. The summed E-state index contributed by atoms with van der Waals surface area (Å²) in [4.78, 5) is 46.1. The lowest BCUT2D eigenvalue weighted by molar-refractivity contribution is -0.144. The molecule has 0 aliphatic carbocycles. The minimum atomic E-state index is -1.11. The summed E-state index contributed by atoms with van der Waals surface area (Å²) in [6, 6.07) is 10.5. The first kappa shape index (κ1) is 30.2. The Morgan fingerprint density at radius 2 is 1.50 bits per heavy atom. The number of carboxylic acids is 2. The van der Waals surface area contributed by atoms with Crippen LogP contribution in [0.1, 0.15) is 22.5 Å². The summed E-state index contributed by atoms with van der Waals surface area (Å²) in [6.45, 7) is 0.0425. The predicted octanol–water partition coefficient (Wildman–Crippen LogP) is 1.81. The van der Waals surface area contributed by atoms with Gasteiger partial charge in [-0.05, 0) is 48.6 Å². The lowest BCUT2D eigenvalue weighted by Gasteiger charge is -2.21. The van der Waals surface area contributed by atoms with Crippen LogP contribution < -0.4 is 0 Å². The Balaban J connectivity index is 2.43. The largest absolute Gasteiger partial charge is 0.480 e. The van der Waals surface area contributed by atoms with Gasteiger partial charge >= 0.3 is 17.9 Å². The van der Waals surface area contributed by atoms with Crippen LogP contribution in [0.2, 0.25) is 0 Å². The maximum atomic E-state index is 11.8. The zero-order chi connectivity index (χ0) is 27.9. The number of ether oxygens (including phenoxy) is 2. The summed E-state index contributed by atoms with van der Waals surface area (Å²) >= 11 is 4.61. The van der Waals surface area contributed by atoms with Gasteiger partial charge in [-0.3, -0.25) is 29.2 Å². The van der Waals surface area contributed by atoms with Gasteiger partial charge in [-0.25, -0.2) is 0 Å². The molecule has 0 amide bonds. The summed E-state index contributed by atoms with van der Waals surface area (Å²) in [7, 11) is 2.75. The van der Waals surface area contributed by atoms with Crippen LogP contribution in [0, 0.1) is 11.8 Å². The molecule has 0 saturated carbocycles. The summed E-state index contributed by atoms with van der Waals surface area (Å²) < 4.78 is 9.77. The second kappa shape index (κ2) is 16.0. The maximum Gasteiger partial charge on any atom is 0.319 e. The molecular weight excluding hydrogens is 512 g/mol. The van der Waals surface area contributed by atoms with Crippen molar-refractivity contribution >= 4 is 41.0 Å². The van der Waals surface area contributed by atoms with Crippen LogP contribution in [0.5, 0.6) is 0 Å². The number of methoxy groups -OCH3 is 2. The molecule has 0 atom stereocenters. The van der Waals surface area contributed by atoms with E-state index in [9.17, 15) is 24.6 Å². The van der Waals surface area contributed by atoms with Gasteiger partial charge in [0.2, 0.25) is 0 Å². The van der Waals surface area contributed by atoms with Crippen LogP contribution in [-0.4, -0.2) is 95.1 Å². The van der Waals surface area contributed by atoms with Crippen molar-refractivity contribution in [2.75, 3.05) is 47.0 Å². The SMILES string of the molecule is COCCN(CC(=O)O)Cc1cc(C#Cc2ccc(N=C=S)cc2)cc(CN(CC(=O)O)CC(=O)OC)n1. The van der Waals surface area contributed by atoms with Gasteiger partial charge in [0.25, 0.3) is 0 Å². The highest BCUT2D eigenvalue weighted by Crippen LogP contribution is 2.14. The van der Waals surface area contributed by atoms with E-state index in [-0.39, 0.29) is 26.2 Å². The smallest absolute Gasteiger partial charge is 0.319 e. The summed E-state index contributed by atoms with van der Waals surface area (Å²) in [5.41, 5.74) is 2.95. The molecule has 200 valence electrons. The molecule has 0 unspecified atom stereocenters. The van der Waals surface area contributed by atoms with Crippen molar-refractivity contribution in [2.24, 2.45) is 4.99 Å². The molecule has 0 spiro atoms. The highest BCUT2D eigenvalue weighted by atomic mass is 32.1. The number of carbonyl (C=O) groups is 3. The number of esters is 1. The Bertz CT molecular complexity index is 1230. The molecule has 2 N–H and O–H groups in total. The van der Waals surface area contributed by atoms with Crippen LogP contribution in [0.4, 0.5) is 5.69 Å². The second-order valence-corrected chi connectivity index (χ2v) is 8.23. The number of carbonyl (C=O) groups excluding carboxylic acids is 1. The number of carboxylic acid groups (broad SMARTS) is 2. The van der Waals surface area contributed by atoms with Gasteiger partial charge in [-0.2, -0.15) is 4.99 Å². The van der Waals surface area contributed by atoms with Gasteiger partial charge in [-0.1, -0.05) is 11.8 Å². The average Bonchev–Trinajstić information content (AvgIpc) is 2.86. The molecule has 11 nitrogen and oxygen atoms in total. The summed E-state index contributed by atoms with van der Waals surface area (Å²) in [6.07, 6.45) is 0. The fourth-order valence-electron chi connectivity index (χ4n) is 3.39. The minimum absolute atomic E-state index is 0.0329. The topological polar surface area (TPSA) is 142 Å². The zero-order valence-electron chi connectivity index (χ0n) is 21.0. The molecule has 1 heterocycles. The van der Waals surface area contributed by atoms with Crippen LogP contribution in [0.15, 0.2) is 41.4 Å². The number of rotatable bonds is 14. The first-order chi connectivity index (χ1) is 18.2. The number of benzene rings is 1. The van der Waals surface area contributed by atoms with Gasteiger partial charge < -0.3 is 19.7 Å². The first-order valence-electron chi connectivity index (χ1n) is 11.4. The number of aliphatic imine (C=N–C) groups is 1. The van der Waals surface area contributed by atoms with Crippen LogP contribution in [-0.2, 0) is 36.9 Å². The monoisotopic (exact) mass is 540 g/mol. The summed E-state index contributed by atoms with van der Waals surface area (Å²) in [5.74, 6) is 3.43. The number of aliphatic carboxylic acids is 2. The van der Waals surface area contributed by atoms with E-state index in [1.807, 2.05) is 0 Å². The molecule has 0 aliphatic heterocycles. The standard InChI is InChI=1S/C26H28N4O7S/c1-36-10-9-29(15-24(31)32)13-22-11-20(4-3-19-5-7-21(8-6-19)27-18-38)12-23(28-22)14-30(16-25(33)34)17-26(35)37-2/h5-8,11-12H,9-10,13-17H2,1-2H3,(H,31,32)(H,33,34). The lowest BCUT2D eigenvalue weighted by Crippen LogP contribution is -2.35. The van der Waals surface area contributed by atoms with Crippen molar-refractivity contribution in [3.63, 3.8) is 0 Å². The number of aromatic nitrogens is 1. The molecule has 2 rings (SSSR count). The van der Waals surface area contributed by atoms with Gasteiger partial charge in [0.1, 0.15) is 0 Å². The fraction of sp³-hybridized carbons (Fsp3) is 0.346. The number of nitrogens with zero attached hydrogens (tertiary/aromatic N) is 4. The second-order valence-electron chi connectivity index (χ2n) is 8.05. The molecule has 2 aromatic rings. The number of thiocarbonyl (C=S) groups is 1. The van der Waals surface area contributed by atoms with E-state index in [1.165, 1.54) is 19.1 Å². The quantitative estimate of drug-likeness (QED) is 0.157. The Kier molecular flexibility index (Phi) is 12.7. The molecule has 12 heteroatoms. The maximum absolute atomic E-state index is 11.8. The van der Waals surface area contributed by atoms with Crippen molar-refractivity contribution < 1.29 is 34.1 Å². The van der Waals surface area contributed by atoms with Crippen molar-refractivity contribution in [2.45, 2.75) is 13.1 Å². The van der Waals surface area contributed by atoms with Crippen molar-refractivity contribution in [3.8, 4) is 11.8 Å². The third-order valence-corrected chi connectivity index (χ3v) is 5.10. The molecule has 0 bridgehead atoms. The van der Waals surface area contributed by atoms with E-state index in [0.29, 0.717) is 35.8 Å². The summed E-state index contributed by atoms with van der Waals surface area (Å²) in [5, 5.41) is 20.9. The number of pyridine rings is 1. The van der Waals surface area contributed by atoms with E-state index < -0.39 is 24.5 Å². The third-order valence-electron chi connectivity index (χ3n) is 5.01. The highest BCUT2D eigenvalue weighted by molar-refractivity contribution is 7.78. The van der Waals surface area contributed by atoms with Crippen LogP contribution in [0.25, 0.3) is 0 Å². The van der Waals surface area contributed by atoms with Crippen LogP contribution in [0.3, 0.4) is 0 Å². The average molecular weight is 541 g/mol. The van der Waals surface area contributed by atoms with Crippen LogP contribution >= 0.6 is 12.2 Å². The molecule has 0 fully saturated rings. The molecule has 0 radical (unpaired) electrons. The van der Waals surface area contributed by atoms with E-state index in [0.717, 1.165) is 5.56 Å².